The van der Waals surface area contributed by atoms with E-state index in [9.17, 15) is 4.79 Å². The largest absolute Gasteiger partial charge is 0.350 e. The van der Waals surface area contributed by atoms with Gasteiger partial charge in [-0.2, -0.15) is 5.10 Å². The summed E-state index contributed by atoms with van der Waals surface area (Å²) >= 11 is 0. The second-order valence-corrected chi connectivity index (χ2v) is 5.94. The molecule has 0 aliphatic carbocycles. The van der Waals surface area contributed by atoms with Crippen LogP contribution in [0, 0.1) is 0 Å². The van der Waals surface area contributed by atoms with Gasteiger partial charge in [-0.25, -0.2) is 5.43 Å². The lowest BCUT2D eigenvalue weighted by Crippen LogP contribution is -2.17. The SMILES string of the molecule is Cn1cc(C=NNC(=O)c2cccc3ccccc23)c2ccccc21. The predicted molar refractivity (Wildman–Crippen MR) is 102 cm³/mol. The number of hydrazone groups is 1. The van der Waals surface area contributed by atoms with Crippen LogP contribution in [0.3, 0.4) is 0 Å². The molecule has 1 aromatic heterocycles. The van der Waals surface area contributed by atoms with Crippen LogP contribution < -0.4 is 5.43 Å². The van der Waals surface area contributed by atoms with Crippen LogP contribution in [0.25, 0.3) is 21.7 Å². The van der Waals surface area contributed by atoms with E-state index in [4.69, 9.17) is 0 Å². The van der Waals surface area contributed by atoms with Crippen molar-refractivity contribution in [2.24, 2.45) is 12.1 Å². The topological polar surface area (TPSA) is 46.4 Å². The van der Waals surface area contributed by atoms with E-state index in [1.54, 1.807) is 6.21 Å². The summed E-state index contributed by atoms with van der Waals surface area (Å²) in [5.41, 5.74) is 5.35. The number of hydrogen-bond donors (Lipinski definition) is 1. The van der Waals surface area contributed by atoms with Crippen LogP contribution in [-0.4, -0.2) is 16.7 Å². The Kier molecular flexibility index (Phi) is 3.78. The zero-order valence-corrected chi connectivity index (χ0v) is 13.8. The molecule has 0 bridgehead atoms. The molecule has 0 saturated carbocycles. The van der Waals surface area contributed by atoms with Gasteiger partial charge in [0.15, 0.2) is 0 Å². The summed E-state index contributed by atoms with van der Waals surface area (Å²) in [7, 11) is 1.99. The molecule has 25 heavy (non-hydrogen) atoms. The number of para-hydroxylation sites is 1. The van der Waals surface area contributed by atoms with E-state index in [1.165, 1.54) is 0 Å². The van der Waals surface area contributed by atoms with Gasteiger partial charge in [0.2, 0.25) is 0 Å². The molecular weight excluding hydrogens is 310 g/mol. The molecule has 4 rings (SSSR count). The minimum absolute atomic E-state index is 0.215. The predicted octanol–water partition coefficient (Wildman–Crippen LogP) is 4.10. The van der Waals surface area contributed by atoms with E-state index >= 15 is 0 Å². The van der Waals surface area contributed by atoms with Gasteiger partial charge in [0.25, 0.3) is 5.91 Å². The van der Waals surface area contributed by atoms with Crippen LogP contribution in [-0.2, 0) is 7.05 Å². The second kappa shape index (κ2) is 6.24. The van der Waals surface area contributed by atoms with Crippen LogP contribution >= 0.6 is 0 Å². The Balaban J connectivity index is 1.60. The molecule has 1 amide bonds. The van der Waals surface area contributed by atoms with Crippen molar-refractivity contribution >= 4 is 33.8 Å². The molecule has 4 aromatic rings. The molecule has 0 saturated heterocycles. The van der Waals surface area contributed by atoms with Crippen molar-refractivity contribution in [2.45, 2.75) is 0 Å². The molecule has 3 aromatic carbocycles. The number of carbonyl (C=O) groups is 1. The lowest BCUT2D eigenvalue weighted by Gasteiger charge is -2.04. The fourth-order valence-corrected chi connectivity index (χ4v) is 3.12. The molecule has 0 radical (unpaired) electrons. The highest BCUT2D eigenvalue weighted by atomic mass is 16.2. The first-order valence-electron chi connectivity index (χ1n) is 8.09. The van der Waals surface area contributed by atoms with Crippen LogP contribution in [0.2, 0.25) is 0 Å². The van der Waals surface area contributed by atoms with Crippen molar-refractivity contribution in [1.82, 2.24) is 9.99 Å². The summed E-state index contributed by atoms with van der Waals surface area (Å²) in [5, 5.41) is 7.21. The van der Waals surface area contributed by atoms with Crippen molar-refractivity contribution in [3.63, 3.8) is 0 Å². The first-order valence-corrected chi connectivity index (χ1v) is 8.09. The summed E-state index contributed by atoms with van der Waals surface area (Å²) in [6.07, 6.45) is 3.68. The Morgan fingerprint density at radius 1 is 0.960 bits per heavy atom. The summed E-state index contributed by atoms with van der Waals surface area (Å²) < 4.78 is 2.04. The van der Waals surface area contributed by atoms with Crippen LogP contribution in [0.15, 0.2) is 78.0 Å². The first kappa shape index (κ1) is 15.1. The van der Waals surface area contributed by atoms with Gasteiger partial charge in [0.1, 0.15) is 0 Å². The van der Waals surface area contributed by atoms with Gasteiger partial charge >= 0.3 is 0 Å². The molecule has 0 spiro atoms. The van der Waals surface area contributed by atoms with Crippen molar-refractivity contribution in [2.75, 3.05) is 0 Å². The van der Waals surface area contributed by atoms with Crippen molar-refractivity contribution in [3.8, 4) is 0 Å². The smallest absolute Gasteiger partial charge is 0.271 e. The summed E-state index contributed by atoms with van der Waals surface area (Å²) in [5.74, 6) is -0.215. The number of aryl methyl sites for hydroxylation is 1. The Bertz CT molecular complexity index is 1100. The van der Waals surface area contributed by atoms with Gasteiger partial charge < -0.3 is 4.57 Å². The number of hydrogen-bond acceptors (Lipinski definition) is 2. The lowest BCUT2D eigenvalue weighted by molar-refractivity contribution is 0.0957. The van der Waals surface area contributed by atoms with Crippen molar-refractivity contribution in [1.29, 1.82) is 0 Å². The number of amides is 1. The number of nitrogens with one attached hydrogen (secondary N) is 1. The van der Waals surface area contributed by atoms with Gasteiger partial charge in [-0.15, -0.1) is 0 Å². The number of benzene rings is 3. The fourth-order valence-electron chi connectivity index (χ4n) is 3.12. The molecule has 4 nitrogen and oxygen atoms in total. The molecule has 1 heterocycles. The third kappa shape index (κ3) is 2.78. The molecule has 0 aliphatic heterocycles. The number of fused-ring (bicyclic) bond motifs is 2. The summed E-state index contributed by atoms with van der Waals surface area (Å²) in [6.45, 7) is 0. The van der Waals surface area contributed by atoms with Crippen molar-refractivity contribution in [3.05, 3.63) is 84.1 Å². The molecule has 122 valence electrons. The fraction of sp³-hybridized carbons (Fsp3) is 0.0476. The highest BCUT2D eigenvalue weighted by Crippen LogP contribution is 2.19. The summed E-state index contributed by atoms with van der Waals surface area (Å²) in [4.78, 5) is 12.5. The standard InChI is InChI=1S/C21H17N3O/c1-24-14-16(18-10-4-5-12-20(18)24)13-22-23-21(25)19-11-6-8-15-7-2-3-9-17(15)19/h2-14H,1H3,(H,23,25). The Morgan fingerprint density at radius 2 is 1.68 bits per heavy atom. The van der Waals surface area contributed by atoms with E-state index < -0.39 is 0 Å². The lowest BCUT2D eigenvalue weighted by atomic mass is 10.0. The monoisotopic (exact) mass is 327 g/mol. The average Bonchev–Trinajstić information content (AvgIpc) is 2.97. The zero-order valence-electron chi connectivity index (χ0n) is 13.8. The average molecular weight is 327 g/mol. The Labute approximate surface area is 145 Å². The first-order chi connectivity index (χ1) is 12.2. The molecule has 0 unspecified atom stereocenters. The minimum atomic E-state index is -0.215. The van der Waals surface area contributed by atoms with Crippen LogP contribution in [0.1, 0.15) is 15.9 Å². The molecule has 1 N–H and O–H groups in total. The van der Waals surface area contributed by atoms with Gasteiger partial charge in [0, 0.05) is 35.3 Å². The van der Waals surface area contributed by atoms with E-state index in [2.05, 4.69) is 16.6 Å². The minimum Gasteiger partial charge on any atom is -0.350 e. The Hall–Kier alpha value is -3.40. The van der Waals surface area contributed by atoms with E-state index in [0.717, 1.165) is 27.2 Å². The molecule has 0 fully saturated rings. The molecule has 4 heteroatoms. The quantitative estimate of drug-likeness (QED) is 0.447. The van der Waals surface area contributed by atoms with E-state index in [0.29, 0.717) is 5.56 Å². The maximum absolute atomic E-state index is 12.5. The molecular formula is C21H17N3O. The highest BCUT2D eigenvalue weighted by Gasteiger charge is 2.09. The van der Waals surface area contributed by atoms with E-state index in [-0.39, 0.29) is 5.91 Å². The molecule has 0 atom stereocenters. The van der Waals surface area contributed by atoms with Gasteiger partial charge in [-0.3, -0.25) is 4.79 Å². The maximum atomic E-state index is 12.5. The third-order valence-electron chi connectivity index (χ3n) is 4.33. The Morgan fingerprint density at radius 3 is 2.56 bits per heavy atom. The van der Waals surface area contributed by atoms with Gasteiger partial charge in [-0.05, 0) is 22.9 Å². The third-order valence-corrected chi connectivity index (χ3v) is 4.33. The maximum Gasteiger partial charge on any atom is 0.271 e. The van der Waals surface area contributed by atoms with Gasteiger partial charge in [-0.1, -0.05) is 54.6 Å². The van der Waals surface area contributed by atoms with E-state index in [1.807, 2.05) is 78.5 Å². The number of aromatic nitrogens is 1. The van der Waals surface area contributed by atoms with Crippen LogP contribution in [0.4, 0.5) is 0 Å². The zero-order chi connectivity index (χ0) is 17.2. The van der Waals surface area contributed by atoms with Gasteiger partial charge in [0.05, 0.1) is 6.21 Å². The summed E-state index contributed by atoms with van der Waals surface area (Å²) in [6, 6.07) is 21.6. The number of carbonyl (C=O) groups excluding carboxylic acids is 1. The highest BCUT2D eigenvalue weighted by molar-refractivity contribution is 6.07. The van der Waals surface area contributed by atoms with Crippen LogP contribution in [0.5, 0.6) is 0 Å². The molecule has 0 aliphatic rings. The second-order valence-electron chi connectivity index (χ2n) is 5.94. The normalized spacial score (nSPS) is 11.4. The number of nitrogens with zero attached hydrogens (tertiary/aromatic N) is 2. The van der Waals surface area contributed by atoms with Crippen molar-refractivity contribution < 1.29 is 4.79 Å². The number of rotatable bonds is 3.